The highest BCUT2D eigenvalue weighted by Gasteiger charge is 2.13. The molecular weight excluding hydrogens is 200 g/mol. The second-order valence-corrected chi connectivity index (χ2v) is 2.80. The third-order valence-electron chi connectivity index (χ3n) is 1.87. The van der Waals surface area contributed by atoms with Gasteiger partial charge in [-0.3, -0.25) is 14.7 Å². The lowest BCUT2D eigenvalue weighted by molar-refractivity contribution is -0.385. The second-order valence-electron chi connectivity index (χ2n) is 2.80. The van der Waals surface area contributed by atoms with Crippen LogP contribution >= 0.6 is 0 Å². The topological polar surface area (TPSA) is 94.1 Å². The molecule has 0 bridgehead atoms. The predicted octanol–water partition coefficient (Wildman–Crippen LogP) is 0.881. The Labute approximate surface area is 83.8 Å². The molecule has 7 heteroatoms. The van der Waals surface area contributed by atoms with Crippen molar-refractivity contribution >= 4 is 5.69 Å². The summed E-state index contributed by atoms with van der Waals surface area (Å²) in [5.74, 6) is -0.364. The number of phenols is 1. The van der Waals surface area contributed by atoms with Crippen molar-refractivity contribution in [3.8, 4) is 11.4 Å². The molecular formula is C8H6N4O3. The molecule has 0 aliphatic heterocycles. The number of nitrogens with zero attached hydrogens (tertiary/aromatic N) is 4. The summed E-state index contributed by atoms with van der Waals surface area (Å²) in [5, 5.41) is 26.9. The lowest BCUT2D eigenvalue weighted by Crippen LogP contribution is -1.93. The maximum Gasteiger partial charge on any atom is 0.312 e. The van der Waals surface area contributed by atoms with E-state index in [2.05, 4.69) is 10.2 Å². The Hall–Kier alpha value is -2.44. The maximum absolute atomic E-state index is 10.5. The van der Waals surface area contributed by atoms with E-state index in [-0.39, 0.29) is 11.4 Å². The average Bonchev–Trinajstić information content (AvgIpc) is 2.71. The monoisotopic (exact) mass is 206 g/mol. The minimum absolute atomic E-state index is 0.346. The molecule has 1 aromatic heterocycles. The molecule has 0 fully saturated rings. The number of rotatable bonds is 2. The summed E-state index contributed by atoms with van der Waals surface area (Å²) in [7, 11) is 0. The number of hydrogen-bond acceptors (Lipinski definition) is 5. The third kappa shape index (κ3) is 1.62. The van der Waals surface area contributed by atoms with E-state index >= 15 is 0 Å². The Bertz CT molecular complexity index is 495. The molecule has 1 aromatic carbocycles. The Kier molecular flexibility index (Phi) is 2.05. The van der Waals surface area contributed by atoms with Crippen LogP contribution in [0.1, 0.15) is 0 Å². The van der Waals surface area contributed by atoms with Crippen LogP contribution in [0.3, 0.4) is 0 Å². The van der Waals surface area contributed by atoms with Crippen LogP contribution in [0.25, 0.3) is 5.69 Å². The van der Waals surface area contributed by atoms with Gasteiger partial charge in [0.2, 0.25) is 0 Å². The van der Waals surface area contributed by atoms with Crippen molar-refractivity contribution < 1.29 is 10.0 Å². The van der Waals surface area contributed by atoms with Crippen LogP contribution in [0.5, 0.6) is 5.75 Å². The summed E-state index contributed by atoms with van der Waals surface area (Å²) < 4.78 is 1.51. The number of benzene rings is 1. The Morgan fingerprint density at radius 1 is 1.33 bits per heavy atom. The first-order chi connectivity index (χ1) is 7.18. The van der Waals surface area contributed by atoms with Crippen molar-refractivity contribution in [2.24, 2.45) is 0 Å². The standard InChI is InChI=1S/C8H6N4O3/c13-8-2-1-6(3-7(8)12(14)15)11-4-9-10-5-11/h1-5,13H. The zero-order valence-electron chi connectivity index (χ0n) is 7.44. The summed E-state index contributed by atoms with van der Waals surface area (Å²) in [6.45, 7) is 0. The van der Waals surface area contributed by atoms with E-state index in [1.807, 2.05) is 0 Å². The molecule has 0 aliphatic rings. The van der Waals surface area contributed by atoms with E-state index in [9.17, 15) is 15.2 Å². The van der Waals surface area contributed by atoms with E-state index in [0.717, 1.165) is 0 Å². The molecule has 0 aliphatic carbocycles. The quantitative estimate of drug-likeness (QED) is 0.581. The Balaban J connectivity index is 2.52. The number of aromatic nitrogens is 3. The number of hydrogen-bond donors (Lipinski definition) is 1. The van der Waals surface area contributed by atoms with E-state index in [1.165, 1.54) is 35.4 Å². The van der Waals surface area contributed by atoms with E-state index in [0.29, 0.717) is 5.69 Å². The van der Waals surface area contributed by atoms with Gasteiger partial charge >= 0.3 is 5.69 Å². The van der Waals surface area contributed by atoms with Gasteiger partial charge in [-0.25, -0.2) is 0 Å². The first kappa shape index (κ1) is 9.13. The zero-order chi connectivity index (χ0) is 10.8. The number of phenolic OH excluding ortho intramolecular Hbond substituents is 1. The van der Waals surface area contributed by atoms with Gasteiger partial charge in [-0.05, 0) is 12.1 Å². The predicted molar refractivity (Wildman–Crippen MR) is 49.7 cm³/mol. The van der Waals surface area contributed by atoms with Crippen LogP contribution in [0.15, 0.2) is 30.9 Å². The summed E-state index contributed by atoms with van der Waals surface area (Å²) in [5.41, 5.74) is 0.172. The molecule has 1 heterocycles. The number of aromatic hydroxyl groups is 1. The fraction of sp³-hybridized carbons (Fsp3) is 0. The van der Waals surface area contributed by atoms with Gasteiger partial charge in [0.25, 0.3) is 0 Å². The summed E-state index contributed by atoms with van der Waals surface area (Å²) >= 11 is 0. The molecule has 1 N–H and O–H groups in total. The molecule has 0 radical (unpaired) electrons. The molecule has 0 amide bonds. The van der Waals surface area contributed by atoms with Crippen LogP contribution in [0.2, 0.25) is 0 Å². The van der Waals surface area contributed by atoms with Crippen molar-refractivity contribution in [2.45, 2.75) is 0 Å². The van der Waals surface area contributed by atoms with E-state index in [1.54, 1.807) is 0 Å². The molecule has 0 spiro atoms. The smallest absolute Gasteiger partial charge is 0.312 e. The molecule has 2 aromatic rings. The van der Waals surface area contributed by atoms with Gasteiger partial charge in [0.05, 0.1) is 10.6 Å². The molecule has 0 saturated carbocycles. The Morgan fingerprint density at radius 2 is 2.00 bits per heavy atom. The molecule has 2 rings (SSSR count). The van der Waals surface area contributed by atoms with Gasteiger partial charge in [-0.2, -0.15) is 0 Å². The fourth-order valence-electron chi connectivity index (χ4n) is 1.15. The van der Waals surface area contributed by atoms with Crippen LogP contribution in [-0.4, -0.2) is 24.8 Å². The number of nitro groups is 1. The molecule has 76 valence electrons. The molecule has 0 unspecified atom stereocenters. The van der Waals surface area contributed by atoms with Crippen molar-refractivity contribution in [2.75, 3.05) is 0 Å². The van der Waals surface area contributed by atoms with Crippen LogP contribution in [0.4, 0.5) is 5.69 Å². The van der Waals surface area contributed by atoms with Crippen molar-refractivity contribution in [1.29, 1.82) is 0 Å². The largest absolute Gasteiger partial charge is 0.502 e. The highest BCUT2D eigenvalue weighted by molar-refractivity contribution is 5.52. The average molecular weight is 206 g/mol. The van der Waals surface area contributed by atoms with Crippen molar-refractivity contribution in [3.63, 3.8) is 0 Å². The molecule has 0 atom stereocenters. The first-order valence-corrected chi connectivity index (χ1v) is 4.01. The minimum Gasteiger partial charge on any atom is -0.502 e. The van der Waals surface area contributed by atoms with Gasteiger partial charge in [0, 0.05) is 6.07 Å². The van der Waals surface area contributed by atoms with Gasteiger partial charge in [-0.15, -0.1) is 10.2 Å². The second kappa shape index (κ2) is 3.37. The summed E-state index contributed by atoms with van der Waals surface area (Å²) in [4.78, 5) is 9.90. The fourth-order valence-corrected chi connectivity index (χ4v) is 1.15. The molecule has 0 saturated heterocycles. The van der Waals surface area contributed by atoms with E-state index in [4.69, 9.17) is 0 Å². The van der Waals surface area contributed by atoms with Gasteiger partial charge in [-0.1, -0.05) is 0 Å². The summed E-state index contributed by atoms with van der Waals surface area (Å²) in [6.07, 6.45) is 2.83. The molecule has 7 nitrogen and oxygen atoms in total. The Morgan fingerprint density at radius 3 is 2.60 bits per heavy atom. The van der Waals surface area contributed by atoms with Crippen LogP contribution in [0, 0.1) is 10.1 Å². The van der Waals surface area contributed by atoms with Gasteiger partial charge in [0.15, 0.2) is 5.75 Å². The minimum atomic E-state index is -0.650. The van der Waals surface area contributed by atoms with Crippen molar-refractivity contribution in [3.05, 3.63) is 41.0 Å². The first-order valence-electron chi connectivity index (χ1n) is 4.01. The SMILES string of the molecule is O=[N+]([O-])c1cc(-n2cnnc2)ccc1O. The van der Waals surface area contributed by atoms with Crippen LogP contribution in [-0.2, 0) is 0 Å². The van der Waals surface area contributed by atoms with Crippen LogP contribution < -0.4 is 0 Å². The lowest BCUT2D eigenvalue weighted by atomic mass is 10.2. The van der Waals surface area contributed by atoms with Crippen molar-refractivity contribution in [1.82, 2.24) is 14.8 Å². The van der Waals surface area contributed by atoms with Gasteiger partial charge in [0.1, 0.15) is 12.7 Å². The normalized spacial score (nSPS) is 10.1. The molecule has 15 heavy (non-hydrogen) atoms. The lowest BCUT2D eigenvalue weighted by Gasteiger charge is -2.01. The number of nitro benzene ring substituents is 1. The summed E-state index contributed by atoms with van der Waals surface area (Å²) in [6, 6.07) is 4.04. The van der Waals surface area contributed by atoms with E-state index < -0.39 is 4.92 Å². The zero-order valence-corrected chi connectivity index (χ0v) is 7.44. The maximum atomic E-state index is 10.5. The highest BCUT2D eigenvalue weighted by Crippen LogP contribution is 2.27. The third-order valence-corrected chi connectivity index (χ3v) is 1.87. The highest BCUT2D eigenvalue weighted by atomic mass is 16.6. The van der Waals surface area contributed by atoms with Gasteiger partial charge < -0.3 is 5.11 Å².